The Morgan fingerprint density at radius 3 is 1.59 bits per heavy atom. The van der Waals surface area contributed by atoms with E-state index in [4.69, 9.17) is 9.97 Å². The van der Waals surface area contributed by atoms with Gasteiger partial charge in [0.15, 0.2) is 5.82 Å². The standard InChI is InChI=1S/C59H44N2/c1-6-19-41(20-7-1)42-33-35-43(36-34-42)52-39-55-53(50-31-16-17-32-54(50)59(55,48-27-12-4-13-28-48)49-29-14-5-15-30-49)38-51(52)46-25-18-26-47(37-46)57-40-56(44-21-8-2-9-22-44)60-58(61-57)45-23-10-3-11-24-45/h1,4-8,10,12-40H,2-3,9,11H2. The zero-order chi connectivity index (χ0) is 40.6. The van der Waals surface area contributed by atoms with Crippen molar-refractivity contribution in [1.29, 1.82) is 0 Å². The summed E-state index contributed by atoms with van der Waals surface area (Å²) in [4.78, 5) is 10.4. The van der Waals surface area contributed by atoms with E-state index in [1.54, 1.807) is 0 Å². The van der Waals surface area contributed by atoms with Crippen LogP contribution in [0, 0.1) is 0 Å². The molecule has 0 fully saturated rings. The lowest BCUT2D eigenvalue weighted by Gasteiger charge is -2.34. The van der Waals surface area contributed by atoms with Gasteiger partial charge in [-0.05, 0) is 122 Å². The molecule has 0 unspecified atom stereocenters. The predicted molar refractivity (Wildman–Crippen MR) is 254 cm³/mol. The predicted octanol–water partition coefficient (Wildman–Crippen LogP) is 15.0. The van der Waals surface area contributed by atoms with Crippen molar-refractivity contribution in [2.45, 2.75) is 31.1 Å². The first kappa shape index (κ1) is 36.6. The first-order valence-corrected chi connectivity index (χ1v) is 21.5. The number of rotatable bonds is 8. The second-order valence-electron chi connectivity index (χ2n) is 16.2. The Morgan fingerprint density at radius 2 is 0.902 bits per heavy atom. The average Bonchev–Trinajstić information content (AvgIpc) is 3.65. The van der Waals surface area contributed by atoms with Gasteiger partial charge in [-0.1, -0.05) is 194 Å². The van der Waals surface area contributed by atoms with Crippen LogP contribution < -0.4 is 0 Å². The molecule has 0 N–H and O–H groups in total. The van der Waals surface area contributed by atoms with Gasteiger partial charge in [-0.25, -0.2) is 9.97 Å². The number of allylic oxidation sites excluding steroid dienone is 8. The largest absolute Gasteiger partial charge is 0.228 e. The summed E-state index contributed by atoms with van der Waals surface area (Å²) in [7, 11) is 0. The van der Waals surface area contributed by atoms with E-state index in [2.05, 4.69) is 218 Å². The summed E-state index contributed by atoms with van der Waals surface area (Å²) < 4.78 is 0. The third-order valence-corrected chi connectivity index (χ3v) is 12.6. The summed E-state index contributed by atoms with van der Waals surface area (Å²) in [5.74, 6) is 0.778. The van der Waals surface area contributed by atoms with Crippen LogP contribution in [0.4, 0.5) is 0 Å². The minimum absolute atomic E-state index is 0.508. The van der Waals surface area contributed by atoms with Gasteiger partial charge in [0.05, 0.1) is 16.8 Å². The number of aromatic nitrogens is 2. The molecular weight excluding hydrogens is 737 g/mol. The number of hydrogen-bond acceptors (Lipinski definition) is 2. The summed E-state index contributed by atoms with van der Waals surface area (Å²) in [6, 6.07) is 67.1. The molecule has 0 saturated heterocycles. The molecule has 61 heavy (non-hydrogen) atoms. The number of fused-ring (bicyclic) bond motifs is 3. The molecule has 0 amide bonds. The molecule has 0 spiro atoms. The van der Waals surface area contributed by atoms with Crippen LogP contribution in [-0.2, 0) is 5.41 Å². The van der Waals surface area contributed by atoms with E-state index in [1.165, 1.54) is 61.2 Å². The molecule has 3 aliphatic carbocycles. The van der Waals surface area contributed by atoms with E-state index in [1.807, 2.05) is 0 Å². The molecule has 2 nitrogen and oxygen atoms in total. The van der Waals surface area contributed by atoms with Crippen molar-refractivity contribution in [3.8, 4) is 55.8 Å². The third kappa shape index (κ3) is 6.53. The highest BCUT2D eigenvalue weighted by atomic mass is 14.9. The van der Waals surface area contributed by atoms with Crippen molar-refractivity contribution in [2.24, 2.45) is 0 Å². The van der Waals surface area contributed by atoms with Crippen LogP contribution >= 0.6 is 0 Å². The van der Waals surface area contributed by atoms with E-state index in [0.29, 0.717) is 0 Å². The lowest BCUT2D eigenvalue weighted by atomic mass is 9.67. The van der Waals surface area contributed by atoms with E-state index >= 15 is 0 Å². The summed E-state index contributed by atoms with van der Waals surface area (Å²) >= 11 is 0. The smallest absolute Gasteiger partial charge is 0.160 e. The highest BCUT2D eigenvalue weighted by Gasteiger charge is 2.46. The molecule has 0 saturated carbocycles. The Morgan fingerprint density at radius 1 is 0.344 bits per heavy atom. The van der Waals surface area contributed by atoms with Crippen molar-refractivity contribution < 1.29 is 0 Å². The Kier molecular flexibility index (Phi) is 9.39. The van der Waals surface area contributed by atoms with E-state index < -0.39 is 5.41 Å². The molecule has 1 aromatic heterocycles. The second-order valence-corrected chi connectivity index (χ2v) is 16.2. The highest BCUT2D eigenvalue weighted by Crippen LogP contribution is 2.58. The molecule has 0 radical (unpaired) electrons. The van der Waals surface area contributed by atoms with Gasteiger partial charge in [0.1, 0.15) is 0 Å². The van der Waals surface area contributed by atoms with E-state index in [0.717, 1.165) is 65.2 Å². The third-order valence-electron chi connectivity index (χ3n) is 12.6. The number of nitrogens with zero attached hydrogens (tertiary/aromatic N) is 2. The first-order valence-electron chi connectivity index (χ1n) is 21.5. The summed E-state index contributed by atoms with van der Waals surface area (Å²) in [5.41, 5.74) is 19.4. The zero-order valence-electron chi connectivity index (χ0n) is 34.0. The summed E-state index contributed by atoms with van der Waals surface area (Å²) in [6.07, 6.45) is 17.6. The van der Waals surface area contributed by atoms with Crippen LogP contribution in [0.1, 0.15) is 59.5 Å². The molecule has 0 aliphatic heterocycles. The van der Waals surface area contributed by atoms with Crippen LogP contribution in [0.3, 0.4) is 0 Å². The van der Waals surface area contributed by atoms with Gasteiger partial charge >= 0.3 is 0 Å². The molecule has 0 atom stereocenters. The monoisotopic (exact) mass is 780 g/mol. The molecule has 0 bridgehead atoms. The lowest BCUT2D eigenvalue weighted by molar-refractivity contribution is 0.769. The van der Waals surface area contributed by atoms with Crippen molar-refractivity contribution in [3.05, 3.63) is 252 Å². The normalized spacial score (nSPS) is 14.8. The van der Waals surface area contributed by atoms with E-state index in [9.17, 15) is 0 Å². The van der Waals surface area contributed by atoms with Gasteiger partial charge < -0.3 is 0 Å². The SMILES string of the molecule is C1=CC(c2cc(-c3cccc(-c4cc5c(cc4-c4ccc(-c6ccccc6)cc4)C(c4ccccc4)(c4ccccc4)c4ccccc4-5)c3)nc(C3=CCCC=C3)n2)=CCC1. The van der Waals surface area contributed by atoms with Gasteiger partial charge in [-0.3, -0.25) is 0 Å². The first-order chi connectivity index (χ1) is 30.2. The molecule has 3 aliphatic rings. The fourth-order valence-electron chi connectivity index (χ4n) is 9.74. The van der Waals surface area contributed by atoms with Crippen LogP contribution in [0.15, 0.2) is 218 Å². The second kappa shape index (κ2) is 15.6. The van der Waals surface area contributed by atoms with Crippen molar-refractivity contribution in [3.63, 3.8) is 0 Å². The molecule has 8 aromatic rings. The molecular formula is C59H44N2. The molecule has 290 valence electrons. The van der Waals surface area contributed by atoms with Gasteiger partial charge in [-0.15, -0.1) is 0 Å². The number of benzene rings is 7. The molecule has 2 heteroatoms. The Labute approximate surface area is 358 Å². The van der Waals surface area contributed by atoms with Gasteiger partial charge in [0.2, 0.25) is 0 Å². The van der Waals surface area contributed by atoms with Crippen molar-refractivity contribution in [1.82, 2.24) is 9.97 Å². The molecule has 7 aromatic carbocycles. The van der Waals surface area contributed by atoms with Crippen LogP contribution in [0.2, 0.25) is 0 Å². The Bertz CT molecular complexity index is 2950. The number of hydrogen-bond donors (Lipinski definition) is 0. The summed E-state index contributed by atoms with van der Waals surface area (Å²) in [6.45, 7) is 0. The van der Waals surface area contributed by atoms with Crippen LogP contribution in [-0.4, -0.2) is 9.97 Å². The fourth-order valence-corrected chi connectivity index (χ4v) is 9.74. The van der Waals surface area contributed by atoms with Crippen LogP contribution in [0.25, 0.3) is 66.9 Å². The van der Waals surface area contributed by atoms with Crippen molar-refractivity contribution in [2.75, 3.05) is 0 Å². The summed E-state index contributed by atoms with van der Waals surface area (Å²) in [5, 5.41) is 0. The van der Waals surface area contributed by atoms with Crippen LogP contribution in [0.5, 0.6) is 0 Å². The Balaban J connectivity index is 1.14. The zero-order valence-corrected chi connectivity index (χ0v) is 34.0. The highest BCUT2D eigenvalue weighted by molar-refractivity contribution is 5.96. The Hall–Kier alpha value is -7.42. The maximum absolute atomic E-state index is 5.27. The minimum Gasteiger partial charge on any atom is -0.228 e. The quantitative estimate of drug-likeness (QED) is 0.153. The minimum atomic E-state index is -0.508. The van der Waals surface area contributed by atoms with Gasteiger partial charge in [0, 0.05) is 11.1 Å². The van der Waals surface area contributed by atoms with Gasteiger partial charge in [-0.2, -0.15) is 0 Å². The lowest BCUT2D eigenvalue weighted by Crippen LogP contribution is -2.28. The molecule has 11 rings (SSSR count). The fraction of sp³-hybridized carbons (Fsp3) is 0.0847. The topological polar surface area (TPSA) is 25.8 Å². The van der Waals surface area contributed by atoms with Crippen molar-refractivity contribution >= 4 is 11.1 Å². The average molecular weight is 781 g/mol. The van der Waals surface area contributed by atoms with E-state index in [-0.39, 0.29) is 0 Å². The van der Waals surface area contributed by atoms with Gasteiger partial charge in [0.25, 0.3) is 0 Å². The maximum Gasteiger partial charge on any atom is 0.160 e. The molecule has 1 heterocycles. The maximum atomic E-state index is 5.27.